The monoisotopic (exact) mass is 242 g/mol. The van der Waals surface area contributed by atoms with E-state index in [4.69, 9.17) is 11.0 Å². The van der Waals surface area contributed by atoms with Crippen LogP contribution in [0.25, 0.3) is 0 Å². The average Bonchev–Trinajstić information content (AvgIpc) is 2.39. The number of pyridine rings is 2. The first-order valence-corrected chi connectivity index (χ1v) is 4.95. The average molecular weight is 242 g/mol. The number of anilines is 1. The maximum Gasteiger partial charge on any atom is 0.234 e. The lowest BCUT2D eigenvalue weighted by Crippen LogP contribution is -2.12. The molecule has 18 heavy (non-hydrogen) atoms. The predicted molar refractivity (Wildman–Crippen MR) is 61.0 cm³/mol. The third-order valence-corrected chi connectivity index (χ3v) is 2.23. The zero-order valence-corrected chi connectivity index (χ0v) is 9.09. The van der Waals surface area contributed by atoms with Crippen molar-refractivity contribution >= 4 is 11.5 Å². The molecule has 2 aromatic heterocycles. The molecule has 0 bridgehead atoms. The minimum absolute atomic E-state index is 0.0314. The zero-order chi connectivity index (χ0) is 13.1. The van der Waals surface area contributed by atoms with E-state index in [2.05, 4.69) is 9.97 Å². The van der Waals surface area contributed by atoms with Gasteiger partial charge < -0.3 is 5.73 Å². The van der Waals surface area contributed by atoms with Gasteiger partial charge in [-0.05, 0) is 24.3 Å². The Bertz CT molecular complexity index is 663. The summed E-state index contributed by atoms with van der Waals surface area (Å²) in [5.74, 6) is -1.51. The lowest BCUT2D eigenvalue weighted by molar-refractivity contribution is 0.102. The Morgan fingerprint density at radius 1 is 1.33 bits per heavy atom. The number of nitrogens with zero attached hydrogens (tertiary/aromatic N) is 3. The molecule has 0 aromatic carbocycles. The molecule has 0 amide bonds. The van der Waals surface area contributed by atoms with Crippen LogP contribution in [-0.2, 0) is 0 Å². The van der Waals surface area contributed by atoms with Gasteiger partial charge in [-0.2, -0.15) is 5.26 Å². The first-order valence-electron chi connectivity index (χ1n) is 4.95. The lowest BCUT2D eigenvalue weighted by Gasteiger charge is -2.04. The zero-order valence-electron chi connectivity index (χ0n) is 9.09. The molecule has 0 spiro atoms. The highest BCUT2D eigenvalue weighted by Crippen LogP contribution is 2.15. The standard InChI is InChI=1S/C12H7FN4O/c13-8-2-1-5-16-10(8)12(18)11-9(15)4-3-7(6-14)17-11/h1-5H,15H2. The number of rotatable bonds is 2. The summed E-state index contributed by atoms with van der Waals surface area (Å²) in [4.78, 5) is 19.4. The molecule has 0 atom stereocenters. The molecule has 88 valence electrons. The molecule has 0 unspecified atom stereocenters. The largest absolute Gasteiger partial charge is 0.397 e. The second kappa shape index (κ2) is 4.59. The van der Waals surface area contributed by atoms with Crippen molar-refractivity contribution in [2.75, 3.05) is 5.73 Å². The number of nitrogens with two attached hydrogens (primary N) is 1. The van der Waals surface area contributed by atoms with Crippen molar-refractivity contribution in [3.63, 3.8) is 0 Å². The third kappa shape index (κ3) is 2.01. The van der Waals surface area contributed by atoms with Gasteiger partial charge in [0.15, 0.2) is 5.82 Å². The molecular weight excluding hydrogens is 235 g/mol. The number of nitrogen functional groups attached to an aromatic ring is 1. The van der Waals surface area contributed by atoms with Crippen LogP contribution in [0.15, 0.2) is 30.5 Å². The van der Waals surface area contributed by atoms with E-state index < -0.39 is 11.6 Å². The van der Waals surface area contributed by atoms with E-state index in [1.165, 1.54) is 24.4 Å². The lowest BCUT2D eigenvalue weighted by atomic mass is 10.1. The van der Waals surface area contributed by atoms with Gasteiger partial charge in [-0.3, -0.25) is 4.79 Å². The van der Waals surface area contributed by atoms with Crippen LogP contribution < -0.4 is 5.73 Å². The fraction of sp³-hybridized carbons (Fsp3) is 0. The van der Waals surface area contributed by atoms with E-state index in [1.54, 1.807) is 6.07 Å². The molecule has 2 rings (SSSR count). The van der Waals surface area contributed by atoms with E-state index in [0.717, 1.165) is 6.07 Å². The van der Waals surface area contributed by atoms with Crippen molar-refractivity contribution in [2.24, 2.45) is 0 Å². The molecule has 0 aliphatic rings. The first kappa shape index (κ1) is 11.7. The number of nitriles is 1. The fourth-order valence-corrected chi connectivity index (χ4v) is 1.38. The molecule has 2 N–H and O–H groups in total. The van der Waals surface area contributed by atoms with Gasteiger partial charge in [0.25, 0.3) is 0 Å². The summed E-state index contributed by atoms with van der Waals surface area (Å²) in [7, 11) is 0. The molecule has 0 aliphatic carbocycles. The third-order valence-electron chi connectivity index (χ3n) is 2.23. The Labute approximate surface area is 102 Å². The van der Waals surface area contributed by atoms with Gasteiger partial charge in [0.1, 0.15) is 23.2 Å². The summed E-state index contributed by atoms with van der Waals surface area (Å²) in [6, 6.07) is 7.02. The van der Waals surface area contributed by atoms with Crippen LogP contribution in [0.3, 0.4) is 0 Å². The van der Waals surface area contributed by atoms with Crippen LogP contribution in [0.4, 0.5) is 10.1 Å². The Balaban J connectivity index is 2.53. The van der Waals surface area contributed by atoms with E-state index in [1.807, 2.05) is 0 Å². The minimum Gasteiger partial charge on any atom is -0.397 e. The summed E-state index contributed by atoms with van der Waals surface area (Å²) in [6.45, 7) is 0. The molecule has 0 radical (unpaired) electrons. The Hall–Kier alpha value is -2.81. The molecule has 0 saturated heterocycles. The number of ketones is 1. The van der Waals surface area contributed by atoms with Gasteiger partial charge in [-0.1, -0.05) is 0 Å². The Kier molecular flexibility index (Phi) is 2.98. The van der Waals surface area contributed by atoms with Crippen LogP contribution in [-0.4, -0.2) is 15.8 Å². The summed E-state index contributed by atoms with van der Waals surface area (Å²) in [5, 5.41) is 8.71. The molecule has 2 aromatic rings. The predicted octanol–water partition coefficient (Wildman–Crippen LogP) is 1.30. The molecular formula is C12H7FN4O. The van der Waals surface area contributed by atoms with Crippen LogP contribution in [0.2, 0.25) is 0 Å². The van der Waals surface area contributed by atoms with Crippen LogP contribution in [0.1, 0.15) is 21.9 Å². The topological polar surface area (TPSA) is 92.7 Å². The van der Waals surface area contributed by atoms with E-state index in [0.29, 0.717) is 0 Å². The summed E-state index contributed by atoms with van der Waals surface area (Å²) < 4.78 is 13.4. The Morgan fingerprint density at radius 3 is 2.78 bits per heavy atom. The highest BCUT2D eigenvalue weighted by molar-refractivity contribution is 6.09. The SMILES string of the molecule is N#Cc1ccc(N)c(C(=O)c2ncccc2F)n1. The maximum absolute atomic E-state index is 13.4. The van der Waals surface area contributed by atoms with Gasteiger partial charge >= 0.3 is 0 Å². The van der Waals surface area contributed by atoms with Crippen molar-refractivity contribution in [2.45, 2.75) is 0 Å². The van der Waals surface area contributed by atoms with Crippen molar-refractivity contribution in [3.8, 4) is 6.07 Å². The summed E-state index contributed by atoms with van der Waals surface area (Å²) in [5.41, 5.74) is 5.15. The number of hydrogen-bond acceptors (Lipinski definition) is 5. The molecule has 0 saturated carbocycles. The minimum atomic E-state index is -0.758. The Morgan fingerprint density at radius 2 is 2.11 bits per heavy atom. The normalized spacial score (nSPS) is 9.78. The van der Waals surface area contributed by atoms with Crippen molar-refractivity contribution in [3.05, 3.63) is 53.4 Å². The summed E-state index contributed by atoms with van der Waals surface area (Å²) >= 11 is 0. The molecule has 0 fully saturated rings. The van der Waals surface area contributed by atoms with E-state index in [-0.39, 0.29) is 22.8 Å². The molecule has 5 nitrogen and oxygen atoms in total. The van der Waals surface area contributed by atoms with Gasteiger partial charge in [-0.25, -0.2) is 14.4 Å². The number of halogens is 1. The highest BCUT2D eigenvalue weighted by Gasteiger charge is 2.19. The molecule has 6 heteroatoms. The van der Waals surface area contributed by atoms with Crippen molar-refractivity contribution in [1.29, 1.82) is 5.26 Å². The smallest absolute Gasteiger partial charge is 0.234 e. The first-order chi connectivity index (χ1) is 8.63. The number of carbonyl (C=O) groups is 1. The summed E-state index contributed by atoms with van der Waals surface area (Å²) in [6.07, 6.45) is 1.29. The number of carbonyl (C=O) groups excluding carboxylic acids is 1. The van der Waals surface area contributed by atoms with Crippen molar-refractivity contribution < 1.29 is 9.18 Å². The van der Waals surface area contributed by atoms with Gasteiger partial charge in [0.05, 0.1) is 5.69 Å². The molecule has 0 aliphatic heterocycles. The molecule has 2 heterocycles. The maximum atomic E-state index is 13.4. The van der Waals surface area contributed by atoms with Gasteiger partial charge in [0.2, 0.25) is 5.78 Å². The second-order valence-corrected chi connectivity index (χ2v) is 3.41. The highest BCUT2D eigenvalue weighted by atomic mass is 19.1. The van der Waals surface area contributed by atoms with Crippen LogP contribution in [0, 0.1) is 17.1 Å². The van der Waals surface area contributed by atoms with Gasteiger partial charge in [-0.15, -0.1) is 0 Å². The van der Waals surface area contributed by atoms with Gasteiger partial charge in [0, 0.05) is 6.20 Å². The van der Waals surface area contributed by atoms with Crippen LogP contribution >= 0.6 is 0 Å². The van der Waals surface area contributed by atoms with E-state index in [9.17, 15) is 9.18 Å². The number of hydrogen-bond donors (Lipinski definition) is 1. The van der Waals surface area contributed by atoms with E-state index >= 15 is 0 Å². The number of aromatic nitrogens is 2. The van der Waals surface area contributed by atoms with Crippen molar-refractivity contribution in [1.82, 2.24) is 9.97 Å². The quantitative estimate of drug-likeness (QED) is 0.801. The fourth-order valence-electron chi connectivity index (χ4n) is 1.38. The second-order valence-electron chi connectivity index (χ2n) is 3.41. The van der Waals surface area contributed by atoms with Crippen LogP contribution in [0.5, 0.6) is 0 Å².